The van der Waals surface area contributed by atoms with Gasteiger partial charge in [0.1, 0.15) is 6.04 Å². The molecule has 2 aromatic rings. The van der Waals surface area contributed by atoms with Gasteiger partial charge in [0, 0.05) is 11.1 Å². The van der Waals surface area contributed by atoms with Gasteiger partial charge in [-0.15, -0.1) is 0 Å². The highest BCUT2D eigenvalue weighted by atomic mass is 35.5. The van der Waals surface area contributed by atoms with Crippen LogP contribution in [-0.4, -0.2) is 5.91 Å². The maximum absolute atomic E-state index is 11.7. The van der Waals surface area contributed by atoms with E-state index in [1.165, 1.54) is 0 Å². The van der Waals surface area contributed by atoms with Gasteiger partial charge in [0.15, 0.2) is 0 Å². The fraction of sp³-hybridized carbons (Fsp3) is 0.188. The number of hydrogen-bond acceptors (Lipinski definition) is 2. The molecule has 0 heterocycles. The predicted octanol–water partition coefficient (Wildman–Crippen LogP) is 3.22. The summed E-state index contributed by atoms with van der Waals surface area (Å²) in [6.45, 7) is 1.98. The van der Waals surface area contributed by atoms with Crippen LogP contribution in [0.5, 0.6) is 0 Å². The molecule has 0 radical (unpaired) electrons. The summed E-state index contributed by atoms with van der Waals surface area (Å²) in [5.41, 5.74) is 7.37. The van der Waals surface area contributed by atoms with Crippen molar-refractivity contribution >= 4 is 17.5 Å². The van der Waals surface area contributed by atoms with Crippen molar-refractivity contribution in [2.75, 3.05) is 0 Å². The van der Waals surface area contributed by atoms with E-state index in [-0.39, 0.29) is 6.04 Å². The van der Waals surface area contributed by atoms with Crippen LogP contribution < -0.4 is 11.1 Å². The summed E-state index contributed by atoms with van der Waals surface area (Å²) in [6.07, 6.45) is 0. The van der Waals surface area contributed by atoms with Crippen LogP contribution in [0.4, 0.5) is 0 Å². The second-order valence-corrected chi connectivity index (χ2v) is 5.13. The fourth-order valence-electron chi connectivity index (χ4n) is 2.11. The SMILES string of the molecule is C[C@H](N[C@@H](C(N)=O)c1ccccc1)c1cccc(Cl)c1. The lowest BCUT2D eigenvalue weighted by Crippen LogP contribution is -2.35. The summed E-state index contributed by atoms with van der Waals surface area (Å²) in [5.74, 6) is -0.398. The van der Waals surface area contributed by atoms with Crippen molar-refractivity contribution < 1.29 is 4.79 Å². The van der Waals surface area contributed by atoms with Crippen LogP contribution in [0.3, 0.4) is 0 Å². The lowest BCUT2D eigenvalue weighted by Gasteiger charge is -2.21. The third-order valence-electron chi connectivity index (χ3n) is 3.18. The molecule has 0 aromatic heterocycles. The van der Waals surface area contributed by atoms with Crippen LogP contribution in [0.15, 0.2) is 54.6 Å². The Morgan fingerprint density at radius 2 is 1.75 bits per heavy atom. The molecule has 2 aromatic carbocycles. The molecular formula is C16H17ClN2O. The van der Waals surface area contributed by atoms with Crippen LogP contribution in [-0.2, 0) is 4.79 Å². The van der Waals surface area contributed by atoms with Crippen molar-refractivity contribution in [2.45, 2.75) is 19.0 Å². The average molecular weight is 289 g/mol. The summed E-state index contributed by atoms with van der Waals surface area (Å²) in [6, 6.07) is 16.4. The maximum atomic E-state index is 11.7. The lowest BCUT2D eigenvalue weighted by molar-refractivity contribution is -0.120. The molecule has 3 nitrogen and oxygen atoms in total. The van der Waals surface area contributed by atoms with Crippen LogP contribution >= 0.6 is 11.6 Å². The minimum atomic E-state index is -0.523. The number of hydrogen-bond donors (Lipinski definition) is 2. The van der Waals surface area contributed by atoms with Crippen LogP contribution in [0, 0.1) is 0 Å². The van der Waals surface area contributed by atoms with E-state index in [1.54, 1.807) is 0 Å². The van der Waals surface area contributed by atoms with Gasteiger partial charge in [0.05, 0.1) is 0 Å². The highest BCUT2D eigenvalue weighted by Gasteiger charge is 2.20. The zero-order valence-corrected chi connectivity index (χ0v) is 12.0. The second-order valence-electron chi connectivity index (χ2n) is 4.69. The van der Waals surface area contributed by atoms with Crippen molar-refractivity contribution in [1.82, 2.24) is 5.32 Å². The molecule has 2 atom stereocenters. The normalized spacial score (nSPS) is 13.7. The standard InChI is InChI=1S/C16H17ClN2O/c1-11(13-8-5-9-14(17)10-13)19-15(16(18)20)12-6-3-2-4-7-12/h2-11,15,19H,1H3,(H2,18,20)/t11-,15+/m0/s1. The first-order chi connectivity index (χ1) is 9.58. The van der Waals surface area contributed by atoms with Gasteiger partial charge < -0.3 is 5.73 Å². The van der Waals surface area contributed by atoms with E-state index in [1.807, 2.05) is 61.5 Å². The number of halogens is 1. The summed E-state index contributed by atoms with van der Waals surface area (Å²) < 4.78 is 0. The number of carbonyl (C=O) groups excluding carboxylic acids is 1. The molecule has 2 rings (SSSR count). The number of rotatable bonds is 5. The van der Waals surface area contributed by atoms with Gasteiger partial charge in [-0.1, -0.05) is 54.1 Å². The number of carbonyl (C=O) groups is 1. The molecule has 1 amide bonds. The first-order valence-electron chi connectivity index (χ1n) is 6.43. The summed E-state index contributed by atoms with van der Waals surface area (Å²) in [7, 11) is 0. The highest BCUT2D eigenvalue weighted by Crippen LogP contribution is 2.21. The third-order valence-corrected chi connectivity index (χ3v) is 3.42. The molecule has 104 valence electrons. The molecule has 0 saturated heterocycles. The van der Waals surface area contributed by atoms with Gasteiger partial charge in [-0.3, -0.25) is 10.1 Å². The smallest absolute Gasteiger partial charge is 0.239 e. The van der Waals surface area contributed by atoms with E-state index in [9.17, 15) is 4.79 Å². The number of nitrogens with two attached hydrogens (primary N) is 1. The lowest BCUT2D eigenvalue weighted by atomic mass is 10.0. The molecule has 3 N–H and O–H groups in total. The number of benzene rings is 2. The topological polar surface area (TPSA) is 55.1 Å². The van der Waals surface area contributed by atoms with Gasteiger partial charge in [-0.2, -0.15) is 0 Å². The van der Waals surface area contributed by atoms with Gasteiger partial charge in [-0.05, 0) is 30.2 Å². The predicted molar refractivity (Wildman–Crippen MR) is 81.4 cm³/mol. The minimum Gasteiger partial charge on any atom is -0.368 e. The Bertz CT molecular complexity index is 586. The van der Waals surface area contributed by atoms with Gasteiger partial charge >= 0.3 is 0 Å². The van der Waals surface area contributed by atoms with E-state index in [0.29, 0.717) is 5.02 Å². The first kappa shape index (κ1) is 14.6. The Labute approximate surface area is 123 Å². The second kappa shape index (κ2) is 6.55. The Morgan fingerprint density at radius 1 is 1.10 bits per heavy atom. The molecule has 0 aliphatic carbocycles. The van der Waals surface area contributed by atoms with E-state index in [2.05, 4.69) is 5.32 Å². The van der Waals surface area contributed by atoms with Gasteiger partial charge in [0.2, 0.25) is 5.91 Å². The quantitative estimate of drug-likeness (QED) is 0.887. The number of nitrogens with one attached hydrogen (secondary N) is 1. The van der Waals surface area contributed by atoms with Crippen LogP contribution in [0.25, 0.3) is 0 Å². The highest BCUT2D eigenvalue weighted by molar-refractivity contribution is 6.30. The zero-order valence-electron chi connectivity index (χ0n) is 11.2. The molecule has 0 bridgehead atoms. The minimum absolute atomic E-state index is 0.0357. The van der Waals surface area contributed by atoms with E-state index >= 15 is 0 Å². The number of primary amides is 1. The van der Waals surface area contributed by atoms with Gasteiger partial charge in [0.25, 0.3) is 0 Å². The monoisotopic (exact) mass is 288 g/mol. The molecule has 0 spiro atoms. The van der Waals surface area contributed by atoms with Crippen molar-refractivity contribution in [3.63, 3.8) is 0 Å². The molecule has 0 aliphatic rings. The Balaban J connectivity index is 2.19. The van der Waals surface area contributed by atoms with Crippen LogP contribution in [0.2, 0.25) is 5.02 Å². The average Bonchev–Trinajstić information content (AvgIpc) is 2.45. The summed E-state index contributed by atoms with van der Waals surface area (Å²) >= 11 is 5.99. The van der Waals surface area contributed by atoms with Crippen molar-refractivity contribution in [2.24, 2.45) is 5.73 Å². The molecule has 0 fully saturated rings. The third kappa shape index (κ3) is 3.59. The molecule has 0 saturated carbocycles. The summed E-state index contributed by atoms with van der Waals surface area (Å²) in [4.78, 5) is 11.7. The van der Waals surface area contributed by atoms with Crippen molar-refractivity contribution in [3.8, 4) is 0 Å². The van der Waals surface area contributed by atoms with Crippen LogP contribution in [0.1, 0.15) is 30.1 Å². The Morgan fingerprint density at radius 3 is 2.35 bits per heavy atom. The Hall–Kier alpha value is -1.84. The first-order valence-corrected chi connectivity index (χ1v) is 6.81. The Kier molecular flexibility index (Phi) is 4.77. The summed E-state index contributed by atoms with van der Waals surface area (Å²) in [5, 5.41) is 3.92. The molecule has 20 heavy (non-hydrogen) atoms. The fourth-order valence-corrected chi connectivity index (χ4v) is 2.31. The largest absolute Gasteiger partial charge is 0.368 e. The molecular weight excluding hydrogens is 272 g/mol. The molecule has 4 heteroatoms. The van der Waals surface area contributed by atoms with E-state index in [4.69, 9.17) is 17.3 Å². The maximum Gasteiger partial charge on any atom is 0.239 e. The zero-order chi connectivity index (χ0) is 14.5. The molecule has 0 unspecified atom stereocenters. The van der Waals surface area contributed by atoms with E-state index < -0.39 is 11.9 Å². The molecule has 0 aliphatic heterocycles. The van der Waals surface area contributed by atoms with Crippen molar-refractivity contribution in [3.05, 3.63) is 70.7 Å². The van der Waals surface area contributed by atoms with Crippen molar-refractivity contribution in [1.29, 1.82) is 0 Å². The van der Waals surface area contributed by atoms with Gasteiger partial charge in [-0.25, -0.2) is 0 Å². The van der Waals surface area contributed by atoms with E-state index in [0.717, 1.165) is 11.1 Å². The number of amides is 1.